The van der Waals surface area contributed by atoms with Crippen molar-refractivity contribution < 1.29 is 4.74 Å². The number of methoxy groups -OCH3 is 1. The first kappa shape index (κ1) is 10.4. The van der Waals surface area contributed by atoms with Gasteiger partial charge in [-0.15, -0.1) is 0 Å². The predicted octanol–water partition coefficient (Wildman–Crippen LogP) is 1.35. The van der Waals surface area contributed by atoms with Gasteiger partial charge in [-0.3, -0.25) is 0 Å². The fraction of sp³-hybridized carbons (Fsp3) is 0.875. The third-order valence-electron chi connectivity index (χ3n) is 1.48. The SMILES string of the molecule is CCC(OC)/C(C)=N/N(C)C. The molecule has 0 aliphatic rings. The molecule has 0 aromatic rings. The molecule has 0 aromatic heterocycles. The van der Waals surface area contributed by atoms with Crippen LogP contribution < -0.4 is 0 Å². The van der Waals surface area contributed by atoms with Crippen LogP contribution >= 0.6 is 0 Å². The summed E-state index contributed by atoms with van der Waals surface area (Å²) < 4.78 is 5.20. The van der Waals surface area contributed by atoms with E-state index >= 15 is 0 Å². The Morgan fingerprint density at radius 1 is 1.55 bits per heavy atom. The Bertz CT molecular complexity index is 128. The highest BCUT2D eigenvalue weighted by Gasteiger charge is 2.07. The van der Waals surface area contributed by atoms with Crippen molar-refractivity contribution in [1.29, 1.82) is 0 Å². The number of nitrogens with zero attached hydrogens (tertiary/aromatic N) is 2. The maximum atomic E-state index is 5.20. The van der Waals surface area contributed by atoms with E-state index in [9.17, 15) is 0 Å². The first-order chi connectivity index (χ1) is 5.11. The predicted molar refractivity (Wildman–Crippen MR) is 47.9 cm³/mol. The lowest BCUT2D eigenvalue weighted by Gasteiger charge is -2.14. The summed E-state index contributed by atoms with van der Waals surface area (Å²) in [4.78, 5) is 0. The maximum Gasteiger partial charge on any atom is 0.0964 e. The highest BCUT2D eigenvalue weighted by atomic mass is 16.5. The van der Waals surface area contributed by atoms with Crippen LogP contribution in [-0.2, 0) is 4.74 Å². The van der Waals surface area contributed by atoms with Crippen molar-refractivity contribution >= 4 is 5.71 Å². The van der Waals surface area contributed by atoms with Gasteiger partial charge in [0.25, 0.3) is 0 Å². The van der Waals surface area contributed by atoms with E-state index in [1.807, 2.05) is 21.0 Å². The third kappa shape index (κ3) is 3.98. The van der Waals surface area contributed by atoms with Crippen molar-refractivity contribution in [3.8, 4) is 0 Å². The molecule has 0 spiro atoms. The lowest BCUT2D eigenvalue weighted by Crippen LogP contribution is -2.21. The van der Waals surface area contributed by atoms with Crippen LogP contribution in [0.25, 0.3) is 0 Å². The molecule has 0 N–H and O–H groups in total. The Morgan fingerprint density at radius 2 is 2.09 bits per heavy atom. The van der Waals surface area contributed by atoms with Gasteiger partial charge in [-0.2, -0.15) is 5.10 Å². The fourth-order valence-electron chi connectivity index (χ4n) is 1.01. The molecule has 0 amide bonds. The van der Waals surface area contributed by atoms with E-state index in [0.717, 1.165) is 12.1 Å². The lowest BCUT2D eigenvalue weighted by molar-refractivity contribution is 0.150. The molecule has 3 nitrogen and oxygen atoms in total. The Morgan fingerprint density at radius 3 is 2.36 bits per heavy atom. The molecular weight excluding hydrogens is 140 g/mol. The summed E-state index contributed by atoms with van der Waals surface area (Å²) >= 11 is 0. The number of hydrogen-bond donors (Lipinski definition) is 0. The second-order valence-electron chi connectivity index (χ2n) is 2.72. The molecule has 1 unspecified atom stereocenters. The third-order valence-corrected chi connectivity index (χ3v) is 1.48. The summed E-state index contributed by atoms with van der Waals surface area (Å²) in [6.45, 7) is 4.07. The van der Waals surface area contributed by atoms with Gasteiger partial charge in [-0.1, -0.05) is 6.92 Å². The largest absolute Gasteiger partial charge is 0.375 e. The molecule has 0 saturated heterocycles. The molecule has 0 radical (unpaired) electrons. The number of hydrazone groups is 1. The van der Waals surface area contributed by atoms with Crippen LogP contribution in [0.3, 0.4) is 0 Å². The number of hydrogen-bond acceptors (Lipinski definition) is 3. The fourth-order valence-corrected chi connectivity index (χ4v) is 1.01. The van der Waals surface area contributed by atoms with Crippen molar-refractivity contribution in [3.05, 3.63) is 0 Å². The van der Waals surface area contributed by atoms with Crippen LogP contribution in [0.15, 0.2) is 5.10 Å². The zero-order valence-corrected chi connectivity index (χ0v) is 8.09. The molecule has 1 atom stereocenters. The minimum atomic E-state index is 0.164. The van der Waals surface area contributed by atoms with Crippen molar-refractivity contribution in [1.82, 2.24) is 5.01 Å². The van der Waals surface area contributed by atoms with E-state index in [1.165, 1.54) is 0 Å². The molecule has 0 rings (SSSR count). The standard InChI is InChI=1S/C8H18N2O/c1-6-8(11-5)7(2)9-10(3)4/h8H,6H2,1-5H3/b9-7+. The van der Waals surface area contributed by atoms with Gasteiger partial charge in [0.05, 0.1) is 11.8 Å². The summed E-state index contributed by atoms with van der Waals surface area (Å²) in [6.07, 6.45) is 1.14. The summed E-state index contributed by atoms with van der Waals surface area (Å²) in [7, 11) is 5.53. The molecule has 0 heterocycles. The Hall–Kier alpha value is -0.570. The van der Waals surface area contributed by atoms with E-state index in [0.29, 0.717) is 0 Å². The van der Waals surface area contributed by atoms with Crippen molar-refractivity contribution in [2.45, 2.75) is 26.4 Å². The van der Waals surface area contributed by atoms with Crippen molar-refractivity contribution in [3.63, 3.8) is 0 Å². The summed E-state index contributed by atoms with van der Waals surface area (Å²) in [5.74, 6) is 0. The minimum Gasteiger partial charge on any atom is -0.375 e. The zero-order chi connectivity index (χ0) is 8.85. The van der Waals surface area contributed by atoms with Crippen LogP contribution in [-0.4, -0.2) is 38.0 Å². The summed E-state index contributed by atoms with van der Waals surface area (Å²) in [5, 5.41) is 6.03. The van der Waals surface area contributed by atoms with Crippen LogP contribution in [0, 0.1) is 0 Å². The van der Waals surface area contributed by atoms with Crippen LogP contribution in [0.5, 0.6) is 0 Å². The number of ether oxygens (including phenoxy) is 1. The van der Waals surface area contributed by atoms with Gasteiger partial charge in [0.15, 0.2) is 0 Å². The Labute approximate surface area is 69.0 Å². The van der Waals surface area contributed by atoms with E-state index < -0.39 is 0 Å². The molecule has 0 saturated carbocycles. The summed E-state index contributed by atoms with van der Waals surface area (Å²) in [6, 6.07) is 0. The molecule has 0 fully saturated rings. The van der Waals surface area contributed by atoms with Crippen molar-refractivity contribution in [2.24, 2.45) is 5.10 Å². The first-order valence-corrected chi connectivity index (χ1v) is 3.87. The van der Waals surface area contributed by atoms with Crippen molar-refractivity contribution in [2.75, 3.05) is 21.2 Å². The molecule has 0 bridgehead atoms. The maximum absolute atomic E-state index is 5.20. The van der Waals surface area contributed by atoms with Crippen LogP contribution in [0.2, 0.25) is 0 Å². The second kappa shape index (κ2) is 5.13. The average Bonchev–Trinajstić information content (AvgIpc) is 1.88. The smallest absolute Gasteiger partial charge is 0.0964 e. The number of rotatable bonds is 4. The normalized spacial score (nSPS) is 14.8. The molecular formula is C8H18N2O. The quantitative estimate of drug-likeness (QED) is 0.455. The van der Waals surface area contributed by atoms with Gasteiger partial charge in [0.1, 0.15) is 0 Å². The van der Waals surface area contributed by atoms with E-state index in [2.05, 4.69) is 12.0 Å². The average molecular weight is 158 g/mol. The monoisotopic (exact) mass is 158 g/mol. The Kier molecular flexibility index (Phi) is 4.86. The van der Waals surface area contributed by atoms with Gasteiger partial charge < -0.3 is 9.75 Å². The van der Waals surface area contributed by atoms with Crippen LogP contribution in [0.1, 0.15) is 20.3 Å². The molecule has 11 heavy (non-hydrogen) atoms. The van der Waals surface area contributed by atoms with E-state index in [1.54, 1.807) is 12.1 Å². The molecule has 0 aliphatic heterocycles. The molecule has 66 valence electrons. The lowest BCUT2D eigenvalue weighted by atomic mass is 10.2. The van der Waals surface area contributed by atoms with Gasteiger partial charge in [0.2, 0.25) is 0 Å². The van der Waals surface area contributed by atoms with Gasteiger partial charge >= 0.3 is 0 Å². The van der Waals surface area contributed by atoms with E-state index in [4.69, 9.17) is 4.74 Å². The summed E-state index contributed by atoms with van der Waals surface area (Å²) in [5.41, 5.74) is 1.03. The molecule has 0 aliphatic carbocycles. The van der Waals surface area contributed by atoms with Gasteiger partial charge in [0, 0.05) is 21.2 Å². The molecule has 3 heteroatoms. The molecule has 0 aromatic carbocycles. The van der Waals surface area contributed by atoms with Gasteiger partial charge in [-0.25, -0.2) is 0 Å². The Balaban J connectivity index is 4.07. The highest BCUT2D eigenvalue weighted by Crippen LogP contribution is 1.99. The highest BCUT2D eigenvalue weighted by molar-refractivity contribution is 5.86. The second-order valence-corrected chi connectivity index (χ2v) is 2.72. The van der Waals surface area contributed by atoms with Crippen LogP contribution in [0.4, 0.5) is 0 Å². The topological polar surface area (TPSA) is 24.8 Å². The first-order valence-electron chi connectivity index (χ1n) is 3.87. The zero-order valence-electron chi connectivity index (χ0n) is 8.09. The minimum absolute atomic E-state index is 0.164. The van der Waals surface area contributed by atoms with E-state index in [-0.39, 0.29) is 6.10 Å². The van der Waals surface area contributed by atoms with Gasteiger partial charge in [-0.05, 0) is 13.3 Å².